The van der Waals surface area contributed by atoms with Gasteiger partial charge in [-0.3, -0.25) is 4.79 Å². The number of rotatable bonds is 2. The third kappa shape index (κ3) is 2.14. The maximum Gasteiger partial charge on any atom is 0.227 e. The van der Waals surface area contributed by atoms with E-state index in [0.717, 1.165) is 17.7 Å². The highest BCUT2D eigenvalue weighted by Gasteiger charge is 2.39. The quantitative estimate of drug-likeness (QED) is 0.779. The number of carbonyl (C=O) groups is 1. The van der Waals surface area contributed by atoms with Crippen LogP contribution in [0.3, 0.4) is 0 Å². The first-order valence-electron chi connectivity index (χ1n) is 5.35. The molecule has 1 aromatic carbocycles. The van der Waals surface area contributed by atoms with E-state index in [1.54, 1.807) is 12.1 Å². The van der Waals surface area contributed by atoms with Crippen LogP contribution in [0.4, 0.5) is 11.4 Å². The average molecular weight is 239 g/mol. The zero-order valence-electron chi connectivity index (χ0n) is 9.38. The summed E-state index contributed by atoms with van der Waals surface area (Å²) in [5.74, 6) is 0.747. The molecule has 1 aromatic rings. The van der Waals surface area contributed by atoms with Crippen molar-refractivity contribution in [1.29, 1.82) is 0 Å². The van der Waals surface area contributed by atoms with E-state index in [2.05, 4.69) is 12.2 Å². The summed E-state index contributed by atoms with van der Waals surface area (Å²) < 4.78 is 0. The normalized spacial score (nSPS) is 22.9. The lowest BCUT2D eigenvalue weighted by molar-refractivity contribution is -0.117. The van der Waals surface area contributed by atoms with E-state index in [1.165, 1.54) is 0 Å². The highest BCUT2D eigenvalue weighted by molar-refractivity contribution is 6.33. The lowest BCUT2D eigenvalue weighted by atomic mass is 10.1. The number of nitrogens with two attached hydrogens (primary N) is 1. The first-order valence-corrected chi connectivity index (χ1v) is 5.73. The molecule has 2 rings (SSSR count). The fourth-order valence-corrected chi connectivity index (χ4v) is 1.92. The van der Waals surface area contributed by atoms with E-state index in [-0.39, 0.29) is 11.8 Å². The second-order valence-electron chi connectivity index (χ2n) is 4.50. The van der Waals surface area contributed by atoms with Gasteiger partial charge in [0.15, 0.2) is 0 Å². The fraction of sp³-hybridized carbons (Fsp3) is 0.417. The second-order valence-corrected chi connectivity index (χ2v) is 4.90. The molecule has 3 nitrogen and oxygen atoms in total. The number of benzene rings is 1. The predicted molar refractivity (Wildman–Crippen MR) is 66.5 cm³/mol. The van der Waals surface area contributed by atoms with Gasteiger partial charge in [0.05, 0.1) is 10.7 Å². The van der Waals surface area contributed by atoms with Crippen LogP contribution in [0.5, 0.6) is 0 Å². The lowest BCUT2D eigenvalue weighted by Gasteiger charge is -2.10. The molecule has 0 bridgehead atoms. The van der Waals surface area contributed by atoms with Crippen molar-refractivity contribution in [3.05, 3.63) is 22.7 Å². The summed E-state index contributed by atoms with van der Waals surface area (Å²) in [4.78, 5) is 11.7. The maximum absolute atomic E-state index is 11.7. The van der Waals surface area contributed by atoms with Crippen LogP contribution in [-0.2, 0) is 4.79 Å². The Balaban J connectivity index is 2.15. The van der Waals surface area contributed by atoms with Crippen LogP contribution in [0, 0.1) is 18.8 Å². The summed E-state index contributed by atoms with van der Waals surface area (Å²) in [7, 11) is 0. The van der Waals surface area contributed by atoms with E-state index in [9.17, 15) is 4.79 Å². The van der Waals surface area contributed by atoms with Gasteiger partial charge in [-0.05, 0) is 37.0 Å². The predicted octanol–water partition coefficient (Wildman–Crippen LogP) is 2.83. The van der Waals surface area contributed by atoms with Crippen molar-refractivity contribution in [3.63, 3.8) is 0 Å². The summed E-state index contributed by atoms with van der Waals surface area (Å²) in [6.45, 7) is 3.98. The molecule has 3 N–H and O–H groups in total. The number of hydrogen-bond donors (Lipinski definition) is 2. The maximum atomic E-state index is 11.7. The number of nitrogen functional groups attached to an aromatic ring is 1. The number of hydrogen-bond acceptors (Lipinski definition) is 2. The topological polar surface area (TPSA) is 55.1 Å². The Bertz CT molecular complexity index is 445. The number of amides is 1. The molecule has 86 valence electrons. The minimum absolute atomic E-state index is 0.0800. The molecule has 0 radical (unpaired) electrons. The summed E-state index contributed by atoms with van der Waals surface area (Å²) in [6, 6.07) is 3.48. The zero-order chi connectivity index (χ0) is 11.9. The third-order valence-corrected chi connectivity index (χ3v) is 3.38. The van der Waals surface area contributed by atoms with Crippen LogP contribution < -0.4 is 11.1 Å². The molecule has 0 heterocycles. The van der Waals surface area contributed by atoms with Crippen molar-refractivity contribution in [1.82, 2.24) is 0 Å². The van der Waals surface area contributed by atoms with E-state index in [1.807, 2.05) is 6.92 Å². The van der Waals surface area contributed by atoms with E-state index in [4.69, 9.17) is 17.3 Å². The van der Waals surface area contributed by atoms with E-state index < -0.39 is 0 Å². The van der Waals surface area contributed by atoms with Crippen molar-refractivity contribution in [3.8, 4) is 0 Å². The molecule has 0 spiro atoms. The van der Waals surface area contributed by atoms with Crippen LogP contribution in [0.15, 0.2) is 12.1 Å². The molecule has 2 atom stereocenters. The summed E-state index contributed by atoms with van der Waals surface area (Å²) >= 11 is 5.92. The molecule has 1 aliphatic carbocycles. The van der Waals surface area contributed by atoms with Crippen LogP contribution in [0.2, 0.25) is 5.02 Å². The molecule has 0 aromatic heterocycles. The lowest BCUT2D eigenvalue weighted by Crippen LogP contribution is -2.15. The van der Waals surface area contributed by atoms with E-state index in [0.29, 0.717) is 16.6 Å². The first-order chi connectivity index (χ1) is 7.49. The molecule has 2 unspecified atom stereocenters. The monoisotopic (exact) mass is 238 g/mol. The minimum atomic E-state index is 0.0800. The first kappa shape index (κ1) is 11.3. The number of nitrogens with one attached hydrogen (secondary N) is 1. The van der Waals surface area contributed by atoms with Crippen molar-refractivity contribution in [2.45, 2.75) is 20.3 Å². The summed E-state index contributed by atoms with van der Waals surface area (Å²) in [6.07, 6.45) is 0.980. The van der Waals surface area contributed by atoms with Crippen LogP contribution >= 0.6 is 11.6 Å². The van der Waals surface area contributed by atoms with Crippen molar-refractivity contribution in [2.75, 3.05) is 11.1 Å². The van der Waals surface area contributed by atoms with Gasteiger partial charge in [-0.25, -0.2) is 0 Å². The Hall–Kier alpha value is -1.22. The summed E-state index contributed by atoms with van der Waals surface area (Å²) in [5.41, 5.74) is 7.90. The number of halogens is 1. The largest absolute Gasteiger partial charge is 0.398 e. The number of aryl methyl sites for hydroxylation is 1. The van der Waals surface area contributed by atoms with E-state index >= 15 is 0 Å². The highest BCUT2D eigenvalue weighted by atomic mass is 35.5. The molecule has 16 heavy (non-hydrogen) atoms. The smallest absolute Gasteiger partial charge is 0.227 e. The van der Waals surface area contributed by atoms with Gasteiger partial charge in [0.25, 0.3) is 0 Å². The standard InChI is InChI=1S/C12H15ClN2O/c1-6-3-8(6)12(16)15-11-5-9(13)10(14)4-7(11)2/h4-6,8H,3,14H2,1-2H3,(H,15,16). The van der Waals surface area contributed by atoms with Gasteiger partial charge in [-0.1, -0.05) is 18.5 Å². The molecular weight excluding hydrogens is 224 g/mol. The molecule has 0 aliphatic heterocycles. The van der Waals surface area contributed by atoms with Crippen LogP contribution in [0.1, 0.15) is 18.9 Å². The number of anilines is 2. The third-order valence-electron chi connectivity index (χ3n) is 3.05. The molecular formula is C12H15ClN2O. The fourth-order valence-electron chi connectivity index (χ4n) is 1.75. The Labute approximate surface area is 100.0 Å². The Kier molecular flexibility index (Phi) is 2.80. The SMILES string of the molecule is Cc1cc(N)c(Cl)cc1NC(=O)C1CC1C. The molecule has 1 saturated carbocycles. The van der Waals surface area contributed by atoms with Gasteiger partial charge in [0, 0.05) is 11.6 Å². The van der Waals surface area contributed by atoms with Gasteiger partial charge < -0.3 is 11.1 Å². The van der Waals surface area contributed by atoms with Crippen molar-refractivity contribution in [2.24, 2.45) is 11.8 Å². The molecule has 1 fully saturated rings. The van der Waals surface area contributed by atoms with Crippen molar-refractivity contribution >= 4 is 28.9 Å². The van der Waals surface area contributed by atoms with Gasteiger partial charge in [-0.15, -0.1) is 0 Å². The second kappa shape index (κ2) is 3.98. The Morgan fingerprint density at radius 3 is 2.75 bits per heavy atom. The number of carbonyl (C=O) groups excluding carboxylic acids is 1. The van der Waals surface area contributed by atoms with Crippen LogP contribution in [-0.4, -0.2) is 5.91 Å². The average Bonchev–Trinajstić information content (AvgIpc) is 2.92. The summed E-state index contributed by atoms with van der Waals surface area (Å²) in [5, 5.41) is 3.37. The van der Waals surface area contributed by atoms with Crippen molar-refractivity contribution < 1.29 is 4.79 Å². The van der Waals surface area contributed by atoms with Gasteiger partial charge in [0.1, 0.15) is 0 Å². The van der Waals surface area contributed by atoms with Crippen LogP contribution in [0.25, 0.3) is 0 Å². The molecule has 1 amide bonds. The molecule has 4 heteroatoms. The highest BCUT2D eigenvalue weighted by Crippen LogP contribution is 2.39. The molecule has 1 aliphatic rings. The Morgan fingerprint density at radius 2 is 2.19 bits per heavy atom. The minimum Gasteiger partial charge on any atom is -0.398 e. The Morgan fingerprint density at radius 1 is 1.56 bits per heavy atom. The van der Waals surface area contributed by atoms with Gasteiger partial charge in [0.2, 0.25) is 5.91 Å². The zero-order valence-corrected chi connectivity index (χ0v) is 10.1. The van der Waals surface area contributed by atoms with Gasteiger partial charge >= 0.3 is 0 Å². The molecule has 0 saturated heterocycles. The van der Waals surface area contributed by atoms with Gasteiger partial charge in [-0.2, -0.15) is 0 Å².